The second kappa shape index (κ2) is 7.66. The van der Waals surface area contributed by atoms with Crippen LogP contribution in [0.1, 0.15) is 38.0 Å². The fourth-order valence-electron chi connectivity index (χ4n) is 3.08. The zero-order chi connectivity index (χ0) is 16.9. The molecular formula is C18H26N4O2. The molecule has 1 aliphatic rings. The molecule has 0 N–H and O–H groups in total. The number of anilines is 1. The number of ether oxygens (including phenoxy) is 1. The number of benzene rings is 1. The molecule has 0 amide bonds. The Morgan fingerprint density at radius 1 is 1.17 bits per heavy atom. The summed E-state index contributed by atoms with van der Waals surface area (Å²) in [7, 11) is 1.69. The Bertz CT molecular complexity index is 633. The highest BCUT2D eigenvalue weighted by Crippen LogP contribution is 2.24. The van der Waals surface area contributed by atoms with Gasteiger partial charge in [0.1, 0.15) is 5.75 Å². The second-order valence-electron chi connectivity index (χ2n) is 6.20. The van der Waals surface area contributed by atoms with Gasteiger partial charge in [-0.3, -0.25) is 4.90 Å². The maximum Gasteiger partial charge on any atom is 0.243 e. The second-order valence-corrected chi connectivity index (χ2v) is 6.20. The van der Waals surface area contributed by atoms with E-state index in [4.69, 9.17) is 9.26 Å². The van der Waals surface area contributed by atoms with Gasteiger partial charge in [-0.1, -0.05) is 12.1 Å². The summed E-state index contributed by atoms with van der Waals surface area (Å²) in [5.41, 5.74) is 1.24. The van der Waals surface area contributed by atoms with Crippen LogP contribution in [0.2, 0.25) is 0 Å². The van der Waals surface area contributed by atoms with E-state index in [1.807, 2.05) is 12.1 Å². The van der Waals surface area contributed by atoms with E-state index in [0.717, 1.165) is 56.5 Å². The van der Waals surface area contributed by atoms with Gasteiger partial charge in [0.15, 0.2) is 5.82 Å². The lowest BCUT2D eigenvalue weighted by Crippen LogP contribution is -2.47. The van der Waals surface area contributed by atoms with E-state index in [2.05, 4.69) is 45.9 Å². The van der Waals surface area contributed by atoms with Gasteiger partial charge in [0.25, 0.3) is 0 Å². The molecule has 0 spiro atoms. The van der Waals surface area contributed by atoms with Gasteiger partial charge in [-0.25, -0.2) is 0 Å². The zero-order valence-corrected chi connectivity index (χ0v) is 14.7. The lowest BCUT2D eigenvalue weighted by molar-refractivity contribution is 0.164. The molecule has 1 aliphatic heterocycles. The standard InChI is InChI=1S/C18H26N4O2/c1-4-5-17-19-18(24-20-17)14(2)21-10-12-22(13-11-21)15-6-8-16(23-3)9-7-15/h6-9,14H,4-5,10-13H2,1-3H3. The molecule has 6 heteroatoms. The monoisotopic (exact) mass is 330 g/mol. The van der Waals surface area contributed by atoms with Crippen molar-refractivity contribution < 1.29 is 9.26 Å². The quantitative estimate of drug-likeness (QED) is 0.812. The molecular weight excluding hydrogens is 304 g/mol. The molecule has 1 atom stereocenters. The Hall–Kier alpha value is -2.08. The lowest BCUT2D eigenvalue weighted by Gasteiger charge is -2.38. The highest BCUT2D eigenvalue weighted by atomic mass is 16.5. The Labute approximate surface area is 143 Å². The topological polar surface area (TPSA) is 54.6 Å². The third-order valence-corrected chi connectivity index (χ3v) is 4.61. The lowest BCUT2D eigenvalue weighted by atomic mass is 10.2. The predicted molar refractivity (Wildman–Crippen MR) is 93.5 cm³/mol. The molecule has 1 saturated heterocycles. The maximum atomic E-state index is 5.44. The smallest absolute Gasteiger partial charge is 0.243 e. The highest BCUT2D eigenvalue weighted by Gasteiger charge is 2.25. The average molecular weight is 330 g/mol. The molecule has 0 aliphatic carbocycles. The van der Waals surface area contributed by atoms with E-state index in [0.29, 0.717) is 0 Å². The van der Waals surface area contributed by atoms with E-state index >= 15 is 0 Å². The van der Waals surface area contributed by atoms with Crippen LogP contribution in [0.25, 0.3) is 0 Å². The van der Waals surface area contributed by atoms with Crippen LogP contribution in [0.4, 0.5) is 5.69 Å². The Balaban J connectivity index is 1.57. The highest BCUT2D eigenvalue weighted by molar-refractivity contribution is 5.49. The van der Waals surface area contributed by atoms with Crippen LogP contribution in [-0.2, 0) is 6.42 Å². The van der Waals surface area contributed by atoms with Gasteiger partial charge in [0.05, 0.1) is 13.2 Å². The molecule has 3 rings (SSSR count). The first-order valence-electron chi connectivity index (χ1n) is 8.66. The van der Waals surface area contributed by atoms with E-state index in [9.17, 15) is 0 Å². The minimum atomic E-state index is 0.168. The molecule has 24 heavy (non-hydrogen) atoms. The largest absolute Gasteiger partial charge is 0.497 e. The summed E-state index contributed by atoms with van der Waals surface area (Å²) in [6.45, 7) is 8.22. The molecule has 130 valence electrons. The van der Waals surface area contributed by atoms with Crippen molar-refractivity contribution in [1.82, 2.24) is 15.0 Å². The number of hydrogen-bond donors (Lipinski definition) is 0. The molecule has 2 aromatic rings. The van der Waals surface area contributed by atoms with Gasteiger partial charge in [-0.15, -0.1) is 0 Å². The third kappa shape index (κ3) is 3.70. The van der Waals surface area contributed by atoms with Crippen LogP contribution in [0.5, 0.6) is 5.75 Å². The van der Waals surface area contributed by atoms with Crippen LogP contribution in [-0.4, -0.2) is 48.3 Å². The van der Waals surface area contributed by atoms with Crippen LogP contribution >= 0.6 is 0 Å². The SMILES string of the molecule is CCCc1noc(C(C)N2CCN(c3ccc(OC)cc3)CC2)n1. The van der Waals surface area contributed by atoms with Crippen LogP contribution in [0.3, 0.4) is 0 Å². The molecule has 0 bridgehead atoms. The summed E-state index contributed by atoms with van der Waals surface area (Å²) in [5, 5.41) is 4.07. The summed E-state index contributed by atoms with van der Waals surface area (Å²) in [6.07, 6.45) is 1.91. The summed E-state index contributed by atoms with van der Waals surface area (Å²) >= 11 is 0. The molecule has 1 aromatic heterocycles. The van der Waals surface area contributed by atoms with E-state index in [1.54, 1.807) is 7.11 Å². The Morgan fingerprint density at radius 3 is 2.50 bits per heavy atom. The van der Waals surface area contributed by atoms with E-state index < -0.39 is 0 Å². The van der Waals surface area contributed by atoms with Crippen LogP contribution in [0, 0.1) is 0 Å². The summed E-state index contributed by atoms with van der Waals surface area (Å²) < 4.78 is 10.7. The van der Waals surface area contributed by atoms with Gasteiger partial charge >= 0.3 is 0 Å². The number of rotatable bonds is 6. The summed E-state index contributed by atoms with van der Waals surface area (Å²) in [4.78, 5) is 9.33. The van der Waals surface area contributed by atoms with Gasteiger partial charge in [0, 0.05) is 38.3 Å². The van der Waals surface area contributed by atoms with E-state index in [1.165, 1.54) is 5.69 Å². The molecule has 0 saturated carbocycles. The fraction of sp³-hybridized carbons (Fsp3) is 0.556. The van der Waals surface area contributed by atoms with Gasteiger partial charge in [-0.05, 0) is 37.6 Å². The predicted octanol–water partition coefficient (Wildman–Crippen LogP) is 2.91. The number of piperazine rings is 1. The van der Waals surface area contributed by atoms with Crippen molar-refractivity contribution >= 4 is 5.69 Å². The number of hydrogen-bond acceptors (Lipinski definition) is 6. The first kappa shape index (κ1) is 16.8. The van der Waals surface area contributed by atoms with Crippen molar-refractivity contribution in [1.29, 1.82) is 0 Å². The third-order valence-electron chi connectivity index (χ3n) is 4.61. The molecule has 6 nitrogen and oxygen atoms in total. The van der Waals surface area contributed by atoms with Crippen molar-refractivity contribution in [2.75, 3.05) is 38.2 Å². The number of methoxy groups -OCH3 is 1. The zero-order valence-electron chi connectivity index (χ0n) is 14.7. The average Bonchev–Trinajstić information content (AvgIpc) is 3.10. The van der Waals surface area contributed by atoms with Crippen LogP contribution < -0.4 is 9.64 Å². The molecule has 1 aromatic carbocycles. The normalized spacial score (nSPS) is 17.0. The van der Waals surface area contributed by atoms with Crippen molar-refractivity contribution in [3.8, 4) is 5.75 Å². The van der Waals surface area contributed by atoms with Crippen molar-refractivity contribution in [2.45, 2.75) is 32.7 Å². The summed E-state index contributed by atoms with van der Waals surface area (Å²) in [5.74, 6) is 2.44. The molecule has 2 heterocycles. The molecule has 0 radical (unpaired) electrons. The Kier molecular flexibility index (Phi) is 5.35. The first-order valence-corrected chi connectivity index (χ1v) is 8.66. The van der Waals surface area contributed by atoms with E-state index in [-0.39, 0.29) is 6.04 Å². The van der Waals surface area contributed by atoms with Crippen molar-refractivity contribution in [2.24, 2.45) is 0 Å². The summed E-state index contributed by atoms with van der Waals surface area (Å²) in [6, 6.07) is 8.43. The number of aromatic nitrogens is 2. The van der Waals surface area contributed by atoms with Crippen molar-refractivity contribution in [3.63, 3.8) is 0 Å². The maximum absolute atomic E-state index is 5.44. The van der Waals surface area contributed by atoms with Gasteiger partial charge < -0.3 is 14.2 Å². The Morgan fingerprint density at radius 2 is 1.88 bits per heavy atom. The minimum Gasteiger partial charge on any atom is -0.497 e. The molecule has 1 unspecified atom stereocenters. The van der Waals surface area contributed by atoms with Crippen molar-refractivity contribution in [3.05, 3.63) is 36.0 Å². The molecule has 1 fully saturated rings. The van der Waals surface area contributed by atoms with Gasteiger partial charge in [0.2, 0.25) is 5.89 Å². The minimum absolute atomic E-state index is 0.168. The van der Waals surface area contributed by atoms with Crippen LogP contribution in [0.15, 0.2) is 28.8 Å². The number of nitrogens with zero attached hydrogens (tertiary/aromatic N) is 4. The first-order chi connectivity index (χ1) is 11.7. The number of aryl methyl sites for hydroxylation is 1. The fourth-order valence-corrected chi connectivity index (χ4v) is 3.08. The van der Waals surface area contributed by atoms with Gasteiger partial charge in [-0.2, -0.15) is 4.98 Å².